The Morgan fingerprint density at radius 1 is 1.45 bits per heavy atom. The molecule has 118 valence electrons. The Hall–Kier alpha value is -2.44. The number of aryl methyl sites for hydroxylation is 1. The van der Waals surface area contributed by atoms with E-state index in [1.807, 2.05) is 0 Å². The van der Waals surface area contributed by atoms with Crippen LogP contribution in [0.2, 0.25) is 0 Å². The van der Waals surface area contributed by atoms with Crippen LogP contribution in [0.25, 0.3) is 0 Å². The zero-order chi connectivity index (χ0) is 16.3. The Morgan fingerprint density at radius 2 is 2.18 bits per heavy atom. The number of hydrogen-bond donors (Lipinski definition) is 1. The van der Waals surface area contributed by atoms with Gasteiger partial charge in [0.15, 0.2) is 0 Å². The Kier molecular flexibility index (Phi) is 4.75. The van der Waals surface area contributed by atoms with Gasteiger partial charge in [0.05, 0.1) is 10.8 Å². The Balaban J connectivity index is 1.95. The van der Waals surface area contributed by atoms with Gasteiger partial charge >= 0.3 is 5.97 Å². The van der Waals surface area contributed by atoms with Crippen LogP contribution >= 0.6 is 0 Å². The molecule has 0 aromatic heterocycles. The second-order valence-electron chi connectivity index (χ2n) is 5.49. The van der Waals surface area contributed by atoms with Crippen LogP contribution in [-0.4, -0.2) is 39.4 Å². The van der Waals surface area contributed by atoms with Crippen LogP contribution in [0.1, 0.15) is 25.3 Å². The minimum atomic E-state index is -0.874. The first-order valence-corrected chi connectivity index (χ1v) is 7.15. The summed E-state index contributed by atoms with van der Waals surface area (Å²) in [5, 5.41) is 19.8. The van der Waals surface area contributed by atoms with E-state index in [1.165, 1.54) is 12.1 Å². The molecule has 1 aromatic carbocycles. The van der Waals surface area contributed by atoms with Crippen LogP contribution in [0, 0.1) is 16.0 Å². The first kappa shape index (κ1) is 15.9. The fraction of sp³-hybridized carbons (Fsp3) is 0.467. The zero-order valence-corrected chi connectivity index (χ0v) is 12.3. The summed E-state index contributed by atoms with van der Waals surface area (Å²) in [5.74, 6) is -1.49. The Labute approximate surface area is 127 Å². The summed E-state index contributed by atoms with van der Waals surface area (Å²) in [5.41, 5.74) is 0.731. The number of nitro benzene ring substituents is 1. The van der Waals surface area contributed by atoms with E-state index in [2.05, 4.69) is 0 Å². The first-order chi connectivity index (χ1) is 10.4. The van der Waals surface area contributed by atoms with E-state index in [9.17, 15) is 19.7 Å². The molecule has 2 rings (SSSR count). The molecule has 0 bridgehead atoms. The summed E-state index contributed by atoms with van der Waals surface area (Å²) in [4.78, 5) is 35.1. The number of rotatable bonds is 5. The van der Waals surface area contributed by atoms with Crippen molar-refractivity contribution in [2.24, 2.45) is 5.92 Å². The molecule has 1 aromatic rings. The maximum Gasteiger partial charge on any atom is 0.308 e. The van der Waals surface area contributed by atoms with E-state index in [4.69, 9.17) is 5.11 Å². The highest BCUT2D eigenvalue weighted by atomic mass is 16.6. The second-order valence-corrected chi connectivity index (χ2v) is 5.49. The highest BCUT2D eigenvalue weighted by Gasteiger charge is 2.37. The van der Waals surface area contributed by atoms with Gasteiger partial charge in [0.25, 0.3) is 5.69 Å². The lowest BCUT2D eigenvalue weighted by Crippen LogP contribution is -2.37. The maximum absolute atomic E-state index is 12.2. The molecule has 1 fully saturated rings. The van der Waals surface area contributed by atoms with Gasteiger partial charge in [-0.25, -0.2) is 0 Å². The quantitative estimate of drug-likeness (QED) is 0.661. The van der Waals surface area contributed by atoms with Crippen molar-refractivity contribution in [3.63, 3.8) is 0 Å². The molecule has 1 saturated heterocycles. The SMILES string of the molecule is CC1C(C(=O)O)CCN1C(=O)CCc1cccc([N+](=O)[O-])c1. The average molecular weight is 306 g/mol. The van der Waals surface area contributed by atoms with Crippen molar-refractivity contribution in [2.45, 2.75) is 32.2 Å². The van der Waals surface area contributed by atoms with Crippen molar-refractivity contribution in [1.29, 1.82) is 0 Å². The Morgan fingerprint density at radius 3 is 2.77 bits per heavy atom. The molecule has 0 saturated carbocycles. The van der Waals surface area contributed by atoms with Crippen molar-refractivity contribution in [1.82, 2.24) is 4.90 Å². The number of hydrogen-bond acceptors (Lipinski definition) is 4. The average Bonchev–Trinajstić information content (AvgIpc) is 2.87. The lowest BCUT2D eigenvalue weighted by Gasteiger charge is -2.23. The molecule has 7 heteroatoms. The van der Waals surface area contributed by atoms with E-state index < -0.39 is 16.8 Å². The Bertz CT molecular complexity index is 601. The molecular weight excluding hydrogens is 288 g/mol. The summed E-state index contributed by atoms with van der Waals surface area (Å²) in [6.07, 6.45) is 1.10. The van der Waals surface area contributed by atoms with E-state index in [1.54, 1.807) is 24.0 Å². The lowest BCUT2D eigenvalue weighted by molar-refractivity contribution is -0.384. The lowest BCUT2D eigenvalue weighted by atomic mass is 10.0. The summed E-state index contributed by atoms with van der Waals surface area (Å²) >= 11 is 0. The molecule has 1 N–H and O–H groups in total. The van der Waals surface area contributed by atoms with Gasteiger partial charge in [0, 0.05) is 31.1 Å². The van der Waals surface area contributed by atoms with Crippen molar-refractivity contribution in [3.05, 3.63) is 39.9 Å². The molecule has 1 amide bonds. The number of carbonyl (C=O) groups excluding carboxylic acids is 1. The monoisotopic (exact) mass is 306 g/mol. The van der Waals surface area contributed by atoms with E-state index in [0.717, 1.165) is 5.56 Å². The van der Waals surface area contributed by atoms with E-state index >= 15 is 0 Å². The molecular formula is C15H18N2O5. The number of likely N-dealkylation sites (tertiary alicyclic amines) is 1. The van der Waals surface area contributed by atoms with Gasteiger partial charge in [0.1, 0.15) is 0 Å². The van der Waals surface area contributed by atoms with Gasteiger partial charge in [0.2, 0.25) is 5.91 Å². The second kappa shape index (κ2) is 6.55. The van der Waals surface area contributed by atoms with Crippen LogP contribution in [-0.2, 0) is 16.0 Å². The minimum Gasteiger partial charge on any atom is -0.481 e. The standard InChI is InChI=1S/C15H18N2O5/c1-10-13(15(19)20)7-8-16(10)14(18)6-5-11-3-2-4-12(9-11)17(21)22/h2-4,9-10,13H,5-8H2,1H3,(H,19,20). The summed E-state index contributed by atoms with van der Waals surface area (Å²) < 4.78 is 0. The van der Waals surface area contributed by atoms with E-state index in [0.29, 0.717) is 19.4 Å². The molecule has 1 aliphatic rings. The fourth-order valence-corrected chi connectivity index (χ4v) is 2.84. The molecule has 0 radical (unpaired) electrons. The number of aliphatic carboxylic acids is 1. The predicted molar refractivity (Wildman–Crippen MR) is 78.3 cm³/mol. The van der Waals surface area contributed by atoms with Crippen molar-refractivity contribution in [2.75, 3.05) is 6.54 Å². The summed E-state index contributed by atoms with van der Waals surface area (Å²) in [6.45, 7) is 2.20. The number of carboxylic acids is 1. The van der Waals surface area contributed by atoms with Crippen LogP contribution in [0.5, 0.6) is 0 Å². The molecule has 0 aliphatic carbocycles. The van der Waals surface area contributed by atoms with Gasteiger partial charge in [-0.1, -0.05) is 12.1 Å². The number of nitro groups is 1. The highest BCUT2D eigenvalue weighted by molar-refractivity contribution is 5.79. The smallest absolute Gasteiger partial charge is 0.308 e. The van der Waals surface area contributed by atoms with Gasteiger partial charge in [-0.3, -0.25) is 19.7 Å². The van der Waals surface area contributed by atoms with Gasteiger partial charge in [-0.2, -0.15) is 0 Å². The number of amides is 1. The van der Waals surface area contributed by atoms with E-state index in [-0.39, 0.29) is 24.1 Å². The van der Waals surface area contributed by atoms with Crippen LogP contribution in [0.3, 0.4) is 0 Å². The van der Waals surface area contributed by atoms with Crippen molar-refractivity contribution >= 4 is 17.6 Å². The van der Waals surface area contributed by atoms with Gasteiger partial charge in [-0.15, -0.1) is 0 Å². The van der Waals surface area contributed by atoms with Gasteiger partial charge in [-0.05, 0) is 25.3 Å². The largest absolute Gasteiger partial charge is 0.481 e. The topological polar surface area (TPSA) is 101 Å². The normalized spacial score (nSPS) is 20.9. The van der Waals surface area contributed by atoms with Crippen LogP contribution in [0.4, 0.5) is 5.69 Å². The molecule has 0 spiro atoms. The molecule has 22 heavy (non-hydrogen) atoms. The third-order valence-electron chi connectivity index (χ3n) is 4.14. The minimum absolute atomic E-state index is 0.00503. The molecule has 1 heterocycles. The maximum atomic E-state index is 12.2. The molecule has 7 nitrogen and oxygen atoms in total. The highest BCUT2D eigenvalue weighted by Crippen LogP contribution is 2.25. The predicted octanol–water partition coefficient (Wildman–Crippen LogP) is 1.85. The third kappa shape index (κ3) is 3.41. The number of carboxylic acid groups (broad SMARTS) is 1. The zero-order valence-electron chi connectivity index (χ0n) is 12.3. The summed E-state index contributed by atoms with van der Waals surface area (Å²) in [7, 11) is 0. The molecule has 2 atom stereocenters. The fourth-order valence-electron chi connectivity index (χ4n) is 2.84. The van der Waals surface area contributed by atoms with Crippen molar-refractivity contribution in [3.8, 4) is 0 Å². The van der Waals surface area contributed by atoms with Crippen molar-refractivity contribution < 1.29 is 19.6 Å². The molecule has 2 unspecified atom stereocenters. The van der Waals surface area contributed by atoms with Crippen LogP contribution < -0.4 is 0 Å². The van der Waals surface area contributed by atoms with Crippen LogP contribution in [0.15, 0.2) is 24.3 Å². The molecule has 1 aliphatic heterocycles. The number of carbonyl (C=O) groups is 2. The number of nitrogens with zero attached hydrogens (tertiary/aromatic N) is 2. The summed E-state index contributed by atoms with van der Waals surface area (Å²) in [6, 6.07) is 5.89. The number of benzene rings is 1. The van der Waals surface area contributed by atoms with Gasteiger partial charge < -0.3 is 10.0 Å². The first-order valence-electron chi connectivity index (χ1n) is 7.15. The third-order valence-corrected chi connectivity index (χ3v) is 4.14. The number of non-ortho nitro benzene ring substituents is 1.